The lowest BCUT2D eigenvalue weighted by Crippen LogP contribution is -2.53. The Morgan fingerprint density at radius 2 is 2.24 bits per heavy atom. The zero-order valence-electron chi connectivity index (χ0n) is 12.4. The lowest BCUT2D eigenvalue weighted by Gasteiger charge is -2.47. The minimum absolute atomic E-state index is 0.375. The van der Waals surface area contributed by atoms with Crippen LogP contribution in [0.4, 0.5) is 0 Å². The molecule has 1 aromatic carbocycles. The van der Waals surface area contributed by atoms with Crippen LogP contribution in [0.2, 0.25) is 0 Å². The largest absolute Gasteiger partial charge is 0.492 e. The van der Waals surface area contributed by atoms with Crippen LogP contribution >= 0.6 is 15.9 Å². The van der Waals surface area contributed by atoms with E-state index in [4.69, 9.17) is 4.74 Å². The van der Waals surface area contributed by atoms with Crippen LogP contribution in [-0.2, 0) is 0 Å². The van der Waals surface area contributed by atoms with E-state index in [0.29, 0.717) is 12.5 Å². The molecule has 0 spiro atoms. The molecular weight excluding hydrogens is 330 g/mol. The van der Waals surface area contributed by atoms with Gasteiger partial charge in [0.1, 0.15) is 12.4 Å². The average Bonchev–Trinajstić information content (AvgIpc) is 2.47. The van der Waals surface area contributed by atoms with Gasteiger partial charge in [0.2, 0.25) is 0 Å². The molecule has 2 unspecified atom stereocenters. The van der Waals surface area contributed by atoms with Gasteiger partial charge in [-0.25, -0.2) is 0 Å². The van der Waals surface area contributed by atoms with Crippen molar-refractivity contribution in [1.82, 2.24) is 4.90 Å². The molecule has 1 heterocycles. The number of hydrogen-bond acceptors (Lipinski definition) is 3. The summed E-state index contributed by atoms with van der Waals surface area (Å²) in [5.41, 5.74) is -0.375. The first-order valence-corrected chi connectivity index (χ1v) is 8.78. The average molecular weight is 354 g/mol. The van der Waals surface area contributed by atoms with Gasteiger partial charge >= 0.3 is 0 Å². The fraction of sp³-hybridized carbons (Fsp3) is 0.647. The quantitative estimate of drug-likeness (QED) is 0.899. The minimum atomic E-state index is -0.375. The van der Waals surface area contributed by atoms with Crippen molar-refractivity contribution in [2.24, 2.45) is 5.92 Å². The van der Waals surface area contributed by atoms with Crippen LogP contribution in [0.5, 0.6) is 5.75 Å². The highest BCUT2D eigenvalue weighted by Gasteiger charge is 2.42. The third kappa shape index (κ3) is 3.79. The molecule has 116 valence electrons. The smallest absolute Gasteiger partial charge is 0.120 e. The first-order chi connectivity index (χ1) is 10.2. The third-order valence-electron chi connectivity index (χ3n) is 4.98. The molecule has 2 atom stereocenters. The number of likely N-dealkylation sites (tertiary alicyclic amines) is 1. The Kier molecular flexibility index (Phi) is 4.87. The van der Waals surface area contributed by atoms with Crippen molar-refractivity contribution in [3.05, 3.63) is 28.7 Å². The van der Waals surface area contributed by atoms with E-state index < -0.39 is 0 Å². The van der Waals surface area contributed by atoms with Gasteiger partial charge in [0, 0.05) is 30.0 Å². The Morgan fingerprint density at radius 3 is 3.10 bits per heavy atom. The molecule has 3 rings (SSSR count). The Labute approximate surface area is 135 Å². The zero-order chi connectivity index (χ0) is 14.7. The molecule has 0 amide bonds. The van der Waals surface area contributed by atoms with Crippen molar-refractivity contribution in [3.63, 3.8) is 0 Å². The van der Waals surface area contributed by atoms with Crippen LogP contribution < -0.4 is 4.74 Å². The number of hydrogen-bond donors (Lipinski definition) is 1. The number of rotatable bonds is 4. The predicted molar refractivity (Wildman–Crippen MR) is 87.6 cm³/mol. The molecule has 0 bridgehead atoms. The van der Waals surface area contributed by atoms with Gasteiger partial charge in [0.25, 0.3) is 0 Å². The van der Waals surface area contributed by atoms with E-state index in [1.165, 1.54) is 19.3 Å². The molecule has 1 aliphatic carbocycles. The maximum absolute atomic E-state index is 10.7. The van der Waals surface area contributed by atoms with Gasteiger partial charge in [0.05, 0.1) is 5.60 Å². The zero-order valence-corrected chi connectivity index (χ0v) is 14.0. The molecule has 1 saturated carbocycles. The number of piperidine rings is 1. The van der Waals surface area contributed by atoms with Crippen molar-refractivity contribution in [1.29, 1.82) is 0 Å². The Morgan fingerprint density at radius 1 is 1.33 bits per heavy atom. The molecule has 21 heavy (non-hydrogen) atoms. The normalized spacial score (nSPS) is 29.9. The van der Waals surface area contributed by atoms with Crippen molar-refractivity contribution < 1.29 is 9.84 Å². The van der Waals surface area contributed by atoms with Gasteiger partial charge in [-0.1, -0.05) is 34.8 Å². The van der Waals surface area contributed by atoms with Crippen molar-refractivity contribution in [2.75, 3.05) is 26.2 Å². The van der Waals surface area contributed by atoms with Crippen molar-refractivity contribution in [3.8, 4) is 5.75 Å². The summed E-state index contributed by atoms with van der Waals surface area (Å²) in [5, 5.41) is 10.7. The monoisotopic (exact) mass is 353 g/mol. The van der Waals surface area contributed by atoms with Gasteiger partial charge in [-0.05, 0) is 37.5 Å². The summed E-state index contributed by atoms with van der Waals surface area (Å²) < 4.78 is 6.86. The number of halogens is 1. The molecule has 2 fully saturated rings. The molecule has 1 N–H and O–H groups in total. The second-order valence-electron chi connectivity index (χ2n) is 6.40. The van der Waals surface area contributed by atoms with E-state index in [0.717, 1.165) is 42.7 Å². The second kappa shape index (κ2) is 6.67. The van der Waals surface area contributed by atoms with Crippen LogP contribution in [0.1, 0.15) is 32.1 Å². The summed E-state index contributed by atoms with van der Waals surface area (Å²) in [7, 11) is 0. The first kappa shape index (κ1) is 15.3. The summed E-state index contributed by atoms with van der Waals surface area (Å²) >= 11 is 3.46. The van der Waals surface area contributed by atoms with Gasteiger partial charge in [-0.15, -0.1) is 0 Å². The topological polar surface area (TPSA) is 32.7 Å². The minimum Gasteiger partial charge on any atom is -0.492 e. The molecule has 0 aromatic heterocycles. The molecule has 1 saturated heterocycles. The molecule has 2 aliphatic rings. The number of benzene rings is 1. The lowest BCUT2D eigenvalue weighted by molar-refractivity contribution is -0.0963. The van der Waals surface area contributed by atoms with E-state index in [9.17, 15) is 5.11 Å². The maximum atomic E-state index is 10.7. The van der Waals surface area contributed by atoms with Crippen LogP contribution in [0, 0.1) is 5.92 Å². The second-order valence-corrected chi connectivity index (χ2v) is 7.32. The SMILES string of the molecule is OC12CCCCC1CN(CCOc1cccc(Br)c1)CC2. The summed E-state index contributed by atoms with van der Waals surface area (Å²) in [6, 6.07) is 7.97. The van der Waals surface area contributed by atoms with E-state index in [1.54, 1.807) is 0 Å². The van der Waals surface area contributed by atoms with E-state index in [2.05, 4.69) is 20.8 Å². The van der Waals surface area contributed by atoms with Crippen LogP contribution in [0.3, 0.4) is 0 Å². The fourth-order valence-electron chi connectivity index (χ4n) is 3.69. The summed E-state index contributed by atoms with van der Waals surface area (Å²) in [4.78, 5) is 2.45. The third-order valence-corrected chi connectivity index (χ3v) is 5.48. The maximum Gasteiger partial charge on any atom is 0.120 e. The Balaban J connectivity index is 1.46. The number of fused-ring (bicyclic) bond motifs is 1. The fourth-order valence-corrected chi connectivity index (χ4v) is 4.07. The summed E-state index contributed by atoms with van der Waals surface area (Å²) in [5.74, 6) is 1.38. The molecule has 0 radical (unpaired) electrons. The molecule has 1 aromatic rings. The number of aliphatic hydroxyl groups is 1. The standard InChI is InChI=1S/C17H24BrNO2/c18-15-5-3-6-16(12-15)21-11-10-19-9-8-17(20)7-2-1-4-14(17)13-19/h3,5-6,12,14,20H,1-2,4,7-11,13H2. The van der Waals surface area contributed by atoms with Gasteiger partial charge in [-0.2, -0.15) is 0 Å². The molecule has 3 nitrogen and oxygen atoms in total. The highest BCUT2D eigenvalue weighted by Crippen LogP contribution is 2.39. The van der Waals surface area contributed by atoms with Crippen molar-refractivity contribution in [2.45, 2.75) is 37.7 Å². The van der Waals surface area contributed by atoms with Crippen LogP contribution in [-0.4, -0.2) is 41.8 Å². The van der Waals surface area contributed by atoms with E-state index in [-0.39, 0.29) is 5.60 Å². The van der Waals surface area contributed by atoms with E-state index in [1.807, 2.05) is 24.3 Å². The summed E-state index contributed by atoms with van der Waals surface area (Å²) in [6.07, 6.45) is 5.57. The van der Waals surface area contributed by atoms with Gasteiger partial charge in [0.15, 0.2) is 0 Å². The van der Waals surface area contributed by atoms with Gasteiger partial charge in [-0.3, -0.25) is 4.90 Å². The van der Waals surface area contributed by atoms with Crippen LogP contribution in [0.25, 0.3) is 0 Å². The summed E-state index contributed by atoms with van der Waals surface area (Å²) in [6.45, 7) is 3.67. The lowest BCUT2D eigenvalue weighted by atomic mass is 9.71. The highest BCUT2D eigenvalue weighted by atomic mass is 79.9. The Bertz CT molecular complexity index is 482. The number of nitrogens with zero attached hydrogens (tertiary/aromatic N) is 1. The van der Waals surface area contributed by atoms with Crippen molar-refractivity contribution >= 4 is 15.9 Å². The first-order valence-electron chi connectivity index (χ1n) is 7.99. The molecule has 4 heteroatoms. The Hall–Kier alpha value is -0.580. The highest BCUT2D eigenvalue weighted by molar-refractivity contribution is 9.10. The van der Waals surface area contributed by atoms with E-state index >= 15 is 0 Å². The van der Waals surface area contributed by atoms with Gasteiger partial charge < -0.3 is 9.84 Å². The number of ether oxygens (including phenoxy) is 1. The molecule has 1 aliphatic heterocycles. The molecular formula is C17H24BrNO2. The van der Waals surface area contributed by atoms with Crippen LogP contribution in [0.15, 0.2) is 28.7 Å². The predicted octanol–water partition coefficient (Wildman–Crippen LogP) is 3.45.